The van der Waals surface area contributed by atoms with Crippen LogP contribution in [0.2, 0.25) is 0 Å². The van der Waals surface area contributed by atoms with Crippen LogP contribution in [0.5, 0.6) is 0 Å². The molecule has 1 heterocycles. The van der Waals surface area contributed by atoms with Gasteiger partial charge in [0, 0.05) is 7.05 Å². The predicted molar refractivity (Wildman–Crippen MR) is 50.7 cm³/mol. The molecule has 5 heteroatoms. The first-order chi connectivity index (χ1) is 6.46. The zero-order valence-electron chi connectivity index (χ0n) is 8.54. The smallest absolute Gasteiger partial charge is 0.270 e. The van der Waals surface area contributed by atoms with Crippen LogP contribution in [0.25, 0.3) is 0 Å². The van der Waals surface area contributed by atoms with Crippen LogP contribution in [0, 0.1) is 0 Å². The Kier molecular flexibility index (Phi) is 2.88. The first-order valence-corrected chi connectivity index (χ1v) is 4.31. The molecule has 0 saturated heterocycles. The summed E-state index contributed by atoms with van der Waals surface area (Å²) in [5.41, 5.74) is -0.409. The number of rotatable bonds is 3. The lowest BCUT2D eigenvalue weighted by atomic mass is 10.1. The van der Waals surface area contributed by atoms with E-state index in [0.717, 1.165) is 0 Å². The Balaban J connectivity index is 2.73. The molecule has 1 amide bonds. The number of nitrogens with one attached hydrogen (secondary N) is 1. The number of hydrogen-bond donors (Lipinski definition) is 1. The van der Waals surface area contributed by atoms with Crippen molar-refractivity contribution < 1.29 is 9.18 Å². The molecule has 1 rings (SSSR count). The maximum atomic E-state index is 12.4. The molecule has 0 aromatic carbocycles. The fourth-order valence-corrected chi connectivity index (χ4v) is 0.981. The molecule has 14 heavy (non-hydrogen) atoms. The van der Waals surface area contributed by atoms with Crippen LogP contribution < -0.4 is 5.32 Å². The van der Waals surface area contributed by atoms with Crippen LogP contribution >= 0.6 is 0 Å². The molecule has 0 atom stereocenters. The van der Waals surface area contributed by atoms with E-state index in [4.69, 9.17) is 0 Å². The fraction of sp³-hybridized carbons (Fsp3) is 0.556. The largest absolute Gasteiger partial charge is 0.343 e. The van der Waals surface area contributed by atoms with Crippen molar-refractivity contribution in [3.05, 3.63) is 18.2 Å². The molecule has 0 aliphatic rings. The third kappa shape index (κ3) is 2.31. The van der Waals surface area contributed by atoms with E-state index < -0.39 is 12.2 Å². The molecule has 0 saturated carbocycles. The SMILES string of the molecule is Cn1cncc1C(=O)NC(C)(C)CF. The zero-order valence-corrected chi connectivity index (χ0v) is 8.54. The van der Waals surface area contributed by atoms with E-state index in [-0.39, 0.29) is 5.91 Å². The Bertz CT molecular complexity index is 333. The van der Waals surface area contributed by atoms with E-state index in [1.54, 1.807) is 25.5 Å². The molecule has 4 nitrogen and oxygen atoms in total. The molecule has 0 radical (unpaired) electrons. The third-order valence-corrected chi connectivity index (χ3v) is 1.84. The molecule has 0 spiro atoms. The van der Waals surface area contributed by atoms with E-state index in [1.165, 1.54) is 12.5 Å². The van der Waals surface area contributed by atoms with Gasteiger partial charge in [0.2, 0.25) is 0 Å². The summed E-state index contributed by atoms with van der Waals surface area (Å²) in [7, 11) is 1.71. The van der Waals surface area contributed by atoms with Gasteiger partial charge in [-0.3, -0.25) is 4.79 Å². The van der Waals surface area contributed by atoms with Gasteiger partial charge in [-0.1, -0.05) is 0 Å². The molecule has 1 aromatic rings. The van der Waals surface area contributed by atoms with Crippen molar-refractivity contribution in [2.75, 3.05) is 6.67 Å². The normalized spacial score (nSPS) is 11.4. The molecule has 0 bridgehead atoms. The van der Waals surface area contributed by atoms with Gasteiger partial charge in [0.1, 0.15) is 12.4 Å². The Morgan fingerprint density at radius 1 is 1.71 bits per heavy atom. The summed E-state index contributed by atoms with van der Waals surface area (Å²) in [4.78, 5) is 15.4. The summed E-state index contributed by atoms with van der Waals surface area (Å²) in [5.74, 6) is -0.312. The monoisotopic (exact) mass is 199 g/mol. The second-order valence-electron chi connectivity index (χ2n) is 3.86. The van der Waals surface area contributed by atoms with Crippen LogP contribution in [0.15, 0.2) is 12.5 Å². The topological polar surface area (TPSA) is 46.9 Å². The van der Waals surface area contributed by atoms with Crippen molar-refractivity contribution in [2.24, 2.45) is 7.05 Å². The van der Waals surface area contributed by atoms with Crippen molar-refractivity contribution in [1.29, 1.82) is 0 Å². The summed E-state index contributed by atoms with van der Waals surface area (Å²) < 4.78 is 14.0. The summed E-state index contributed by atoms with van der Waals surface area (Å²) in [6, 6.07) is 0. The van der Waals surface area contributed by atoms with E-state index in [0.29, 0.717) is 5.69 Å². The second kappa shape index (κ2) is 3.77. The minimum absolute atomic E-state index is 0.312. The second-order valence-corrected chi connectivity index (χ2v) is 3.86. The first kappa shape index (κ1) is 10.7. The van der Waals surface area contributed by atoms with Crippen LogP contribution in [0.4, 0.5) is 4.39 Å². The highest BCUT2D eigenvalue weighted by Crippen LogP contribution is 2.05. The van der Waals surface area contributed by atoms with Gasteiger partial charge in [0.15, 0.2) is 0 Å². The minimum Gasteiger partial charge on any atom is -0.343 e. The van der Waals surface area contributed by atoms with Crippen LogP contribution in [0.1, 0.15) is 24.3 Å². The average molecular weight is 199 g/mol. The number of alkyl halides is 1. The van der Waals surface area contributed by atoms with Crippen molar-refractivity contribution >= 4 is 5.91 Å². The standard InChI is InChI=1S/C9H14FN3O/c1-9(2,5-10)12-8(14)7-4-11-6-13(7)3/h4,6H,5H2,1-3H3,(H,12,14). The van der Waals surface area contributed by atoms with Crippen molar-refractivity contribution in [2.45, 2.75) is 19.4 Å². The van der Waals surface area contributed by atoms with Gasteiger partial charge in [-0.05, 0) is 13.8 Å². The maximum absolute atomic E-state index is 12.4. The number of carbonyl (C=O) groups excluding carboxylic acids is 1. The van der Waals surface area contributed by atoms with Gasteiger partial charge in [-0.25, -0.2) is 9.37 Å². The number of amides is 1. The quantitative estimate of drug-likeness (QED) is 0.786. The summed E-state index contributed by atoms with van der Waals surface area (Å²) in [6.45, 7) is 2.65. The highest BCUT2D eigenvalue weighted by molar-refractivity contribution is 5.92. The average Bonchev–Trinajstić information content (AvgIpc) is 2.51. The molecule has 78 valence electrons. The van der Waals surface area contributed by atoms with Crippen molar-refractivity contribution in [3.63, 3.8) is 0 Å². The lowest BCUT2D eigenvalue weighted by Crippen LogP contribution is -2.45. The predicted octanol–water partition coefficient (Wildman–Crippen LogP) is 0.898. The molecule has 0 aliphatic heterocycles. The van der Waals surface area contributed by atoms with Crippen molar-refractivity contribution in [1.82, 2.24) is 14.9 Å². The van der Waals surface area contributed by atoms with Gasteiger partial charge in [0.25, 0.3) is 5.91 Å². The van der Waals surface area contributed by atoms with E-state index in [1.807, 2.05) is 0 Å². The number of aryl methyl sites for hydroxylation is 1. The summed E-state index contributed by atoms with van der Waals surface area (Å²) in [6.07, 6.45) is 2.97. The Hall–Kier alpha value is -1.39. The molecule has 1 aromatic heterocycles. The van der Waals surface area contributed by atoms with Crippen LogP contribution in [-0.4, -0.2) is 27.7 Å². The molecule has 0 fully saturated rings. The maximum Gasteiger partial charge on any atom is 0.270 e. The highest BCUT2D eigenvalue weighted by atomic mass is 19.1. The van der Waals surface area contributed by atoms with E-state index in [9.17, 15) is 9.18 Å². The van der Waals surface area contributed by atoms with Crippen LogP contribution in [-0.2, 0) is 7.05 Å². The number of nitrogens with zero attached hydrogens (tertiary/aromatic N) is 2. The van der Waals surface area contributed by atoms with Gasteiger partial charge < -0.3 is 9.88 Å². The highest BCUT2D eigenvalue weighted by Gasteiger charge is 2.22. The number of hydrogen-bond acceptors (Lipinski definition) is 2. The summed E-state index contributed by atoms with van der Waals surface area (Å²) in [5, 5.41) is 2.57. The first-order valence-electron chi connectivity index (χ1n) is 4.31. The fourth-order valence-electron chi connectivity index (χ4n) is 0.981. The van der Waals surface area contributed by atoms with E-state index in [2.05, 4.69) is 10.3 Å². The Morgan fingerprint density at radius 3 is 2.79 bits per heavy atom. The van der Waals surface area contributed by atoms with Gasteiger partial charge in [0.05, 0.1) is 18.1 Å². The Morgan fingerprint density at radius 2 is 2.36 bits per heavy atom. The molecular formula is C9H14FN3O. The third-order valence-electron chi connectivity index (χ3n) is 1.84. The molecule has 0 aliphatic carbocycles. The minimum atomic E-state index is -0.832. The van der Waals surface area contributed by atoms with Crippen molar-refractivity contribution in [3.8, 4) is 0 Å². The molecule has 0 unspecified atom stereocenters. The number of aromatic nitrogens is 2. The van der Waals surface area contributed by atoms with Crippen LogP contribution in [0.3, 0.4) is 0 Å². The number of imidazole rings is 1. The lowest BCUT2D eigenvalue weighted by Gasteiger charge is -2.22. The lowest BCUT2D eigenvalue weighted by molar-refractivity contribution is 0.0891. The number of carbonyl (C=O) groups is 1. The van der Waals surface area contributed by atoms with Gasteiger partial charge >= 0.3 is 0 Å². The van der Waals surface area contributed by atoms with Gasteiger partial charge in [-0.2, -0.15) is 0 Å². The zero-order chi connectivity index (χ0) is 10.8. The Labute approximate surface area is 82.1 Å². The summed E-state index contributed by atoms with van der Waals surface area (Å²) >= 11 is 0. The molecular weight excluding hydrogens is 185 g/mol. The van der Waals surface area contributed by atoms with E-state index >= 15 is 0 Å². The van der Waals surface area contributed by atoms with Gasteiger partial charge in [-0.15, -0.1) is 0 Å². The number of halogens is 1. The molecule has 1 N–H and O–H groups in total.